The van der Waals surface area contributed by atoms with Crippen molar-refractivity contribution in [1.29, 1.82) is 5.26 Å². The van der Waals surface area contributed by atoms with Gasteiger partial charge < -0.3 is 14.8 Å². The van der Waals surface area contributed by atoms with Crippen molar-refractivity contribution in [2.75, 3.05) is 19.5 Å². The molecule has 0 atom stereocenters. The third-order valence-corrected chi connectivity index (χ3v) is 3.44. The predicted molar refractivity (Wildman–Crippen MR) is 94.9 cm³/mol. The van der Waals surface area contributed by atoms with E-state index in [-0.39, 0.29) is 22.7 Å². The van der Waals surface area contributed by atoms with E-state index in [1.165, 1.54) is 38.5 Å². The highest BCUT2D eigenvalue weighted by Gasteiger charge is 2.15. The van der Waals surface area contributed by atoms with Crippen molar-refractivity contribution in [3.8, 4) is 17.6 Å². The Kier molecular flexibility index (Phi) is 5.90. The number of nitro benzene ring substituents is 1. The van der Waals surface area contributed by atoms with Crippen molar-refractivity contribution in [2.24, 2.45) is 0 Å². The lowest BCUT2D eigenvalue weighted by Crippen LogP contribution is -2.14. The van der Waals surface area contributed by atoms with E-state index in [1.807, 2.05) is 6.07 Å². The minimum absolute atomic E-state index is 0.120. The molecule has 0 saturated heterocycles. The van der Waals surface area contributed by atoms with Gasteiger partial charge >= 0.3 is 0 Å². The maximum Gasteiger partial charge on any atom is 0.273 e. The van der Waals surface area contributed by atoms with Gasteiger partial charge in [-0.3, -0.25) is 14.9 Å². The Bertz CT molecular complexity index is 898. The Labute approximate surface area is 149 Å². The molecule has 0 aliphatic rings. The second kappa shape index (κ2) is 8.30. The van der Waals surface area contributed by atoms with Crippen molar-refractivity contribution >= 4 is 23.4 Å². The molecule has 0 heterocycles. The molecule has 2 rings (SSSR count). The van der Waals surface area contributed by atoms with Crippen LogP contribution >= 0.6 is 0 Å². The Morgan fingerprint density at radius 1 is 1.19 bits per heavy atom. The van der Waals surface area contributed by atoms with Gasteiger partial charge in [-0.1, -0.05) is 12.1 Å². The standard InChI is InChI=1S/C18H15N3O5/c1-25-15-6-3-12(4-7-15)9-13(11-19)18(22)20-16-8-5-14(21(23)24)10-17(16)26-2/h3-10H,1-2H3,(H,20,22). The molecule has 8 heteroatoms. The van der Waals surface area contributed by atoms with E-state index in [2.05, 4.69) is 5.32 Å². The van der Waals surface area contributed by atoms with E-state index in [0.717, 1.165) is 0 Å². The van der Waals surface area contributed by atoms with Crippen molar-refractivity contribution in [2.45, 2.75) is 0 Å². The lowest BCUT2D eigenvalue weighted by atomic mass is 10.1. The molecule has 0 radical (unpaired) electrons. The number of methoxy groups -OCH3 is 2. The monoisotopic (exact) mass is 353 g/mol. The van der Waals surface area contributed by atoms with Gasteiger partial charge in [0.15, 0.2) is 0 Å². The lowest BCUT2D eigenvalue weighted by Gasteiger charge is -2.09. The van der Waals surface area contributed by atoms with Crippen molar-refractivity contribution in [3.63, 3.8) is 0 Å². The van der Waals surface area contributed by atoms with Gasteiger partial charge in [0.1, 0.15) is 23.1 Å². The largest absolute Gasteiger partial charge is 0.497 e. The molecule has 0 bridgehead atoms. The number of rotatable bonds is 6. The van der Waals surface area contributed by atoms with Crippen LogP contribution in [0.5, 0.6) is 11.5 Å². The number of ether oxygens (including phenoxy) is 2. The number of nitrogens with zero attached hydrogens (tertiary/aromatic N) is 2. The molecular formula is C18H15N3O5. The summed E-state index contributed by atoms with van der Waals surface area (Å²) in [5, 5.41) is 22.6. The van der Waals surface area contributed by atoms with Crippen LogP contribution < -0.4 is 14.8 Å². The Morgan fingerprint density at radius 2 is 1.88 bits per heavy atom. The molecule has 26 heavy (non-hydrogen) atoms. The van der Waals surface area contributed by atoms with Crippen LogP contribution in [-0.2, 0) is 4.79 Å². The number of anilines is 1. The van der Waals surface area contributed by atoms with E-state index in [1.54, 1.807) is 24.3 Å². The van der Waals surface area contributed by atoms with Crippen molar-refractivity contribution in [1.82, 2.24) is 0 Å². The minimum atomic E-state index is -0.657. The smallest absolute Gasteiger partial charge is 0.273 e. The molecular weight excluding hydrogens is 338 g/mol. The van der Waals surface area contributed by atoms with Crippen LogP contribution in [0.2, 0.25) is 0 Å². The summed E-state index contributed by atoms with van der Waals surface area (Å²) in [4.78, 5) is 22.6. The number of non-ortho nitro benzene ring substituents is 1. The molecule has 1 amide bonds. The van der Waals surface area contributed by atoms with E-state index in [9.17, 15) is 20.2 Å². The summed E-state index contributed by atoms with van der Waals surface area (Å²) in [5.74, 6) is 0.116. The first kappa shape index (κ1) is 18.5. The third-order valence-electron chi connectivity index (χ3n) is 3.44. The topological polar surface area (TPSA) is 114 Å². The molecule has 8 nitrogen and oxygen atoms in total. The summed E-state index contributed by atoms with van der Waals surface area (Å²) in [6.45, 7) is 0. The highest BCUT2D eigenvalue weighted by atomic mass is 16.6. The van der Waals surface area contributed by atoms with Crippen LogP contribution in [0.25, 0.3) is 6.08 Å². The number of carbonyl (C=O) groups is 1. The van der Waals surface area contributed by atoms with E-state index in [0.29, 0.717) is 11.3 Å². The molecule has 0 fully saturated rings. The molecule has 0 saturated carbocycles. The van der Waals surface area contributed by atoms with Crippen LogP contribution in [0.1, 0.15) is 5.56 Å². The second-order valence-electron chi connectivity index (χ2n) is 5.04. The summed E-state index contributed by atoms with van der Waals surface area (Å²) >= 11 is 0. The summed E-state index contributed by atoms with van der Waals surface area (Å²) in [5.41, 5.74) is 0.567. The number of carbonyl (C=O) groups excluding carboxylic acids is 1. The summed E-state index contributed by atoms with van der Waals surface area (Å²) in [7, 11) is 2.86. The fourth-order valence-electron chi connectivity index (χ4n) is 2.10. The van der Waals surface area contributed by atoms with Crippen LogP contribution in [0.15, 0.2) is 48.0 Å². The van der Waals surface area contributed by atoms with Gasteiger partial charge in [-0.05, 0) is 29.8 Å². The minimum Gasteiger partial charge on any atom is -0.497 e. The number of nitriles is 1. The average molecular weight is 353 g/mol. The molecule has 132 valence electrons. The first-order valence-corrected chi connectivity index (χ1v) is 7.38. The fourth-order valence-corrected chi connectivity index (χ4v) is 2.10. The van der Waals surface area contributed by atoms with E-state index in [4.69, 9.17) is 9.47 Å². The normalized spacial score (nSPS) is 10.6. The molecule has 0 unspecified atom stereocenters. The van der Waals surface area contributed by atoms with Crippen LogP contribution in [-0.4, -0.2) is 25.1 Å². The number of nitro groups is 1. The number of hydrogen-bond donors (Lipinski definition) is 1. The summed E-state index contributed by atoms with van der Waals surface area (Å²) < 4.78 is 10.1. The molecule has 2 aromatic rings. The fraction of sp³-hybridized carbons (Fsp3) is 0.111. The zero-order valence-corrected chi connectivity index (χ0v) is 14.1. The van der Waals surface area contributed by atoms with Crippen LogP contribution in [0.4, 0.5) is 11.4 Å². The summed E-state index contributed by atoms with van der Waals surface area (Å²) in [6.07, 6.45) is 1.42. The quantitative estimate of drug-likeness (QED) is 0.369. The predicted octanol–water partition coefficient (Wildman–Crippen LogP) is 3.16. The first-order chi connectivity index (χ1) is 12.5. The van der Waals surface area contributed by atoms with E-state index < -0.39 is 10.8 Å². The van der Waals surface area contributed by atoms with Gasteiger partial charge in [-0.15, -0.1) is 0 Å². The highest BCUT2D eigenvalue weighted by Crippen LogP contribution is 2.29. The second-order valence-corrected chi connectivity index (χ2v) is 5.04. The molecule has 0 aromatic heterocycles. The maximum atomic E-state index is 12.3. The highest BCUT2D eigenvalue weighted by molar-refractivity contribution is 6.10. The number of nitrogens with one attached hydrogen (secondary N) is 1. The molecule has 0 spiro atoms. The number of amides is 1. The van der Waals surface area contributed by atoms with Crippen LogP contribution in [0.3, 0.4) is 0 Å². The van der Waals surface area contributed by atoms with E-state index >= 15 is 0 Å². The number of benzene rings is 2. The average Bonchev–Trinajstić information content (AvgIpc) is 2.66. The van der Waals surface area contributed by atoms with Gasteiger partial charge in [0.25, 0.3) is 11.6 Å². The van der Waals surface area contributed by atoms with Gasteiger partial charge in [-0.25, -0.2) is 0 Å². The Morgan fingerprint density at radius 3 is 2.42 bits per heavy atom. The van der Waals surface area contributed by atoms with Gasteiger partial charge in [-0.2, -0.15) is 5.26 Å². The molecule has 2 aromatic carbocycles. The van der Waals surface area contributed by atoms with Crippen molar-refractivity contribution in [3.05, 3.63) is 63.7 Å². The zero-order valence-electron chi connectivity index (χ0n) is 14.1. The number of hydrogen-bond acceptors (Lipinski definition) is 6. The van der Waals surface area contributed by atoms with Gasteiger partial charge in [0.05, 0.1) is 30.9 Å². The molecule has 0 aliphatic heterocycles. The Hall–Kier alpha value is -3.86. The van der Waals surface area contributed by atoms with Crippen molar-refractivity contribution < 1.29 is 19.2 Å². The third kappa shape index (κ3) is 4.36. The first-order valence-electron chi connectivity index (χ1n) is 7.38. The molecule has 1 N–H and O–H groups in total. The van der Waals surface area contributed by atoms with Gasteiger partial charge in [0.2, 0.25) is 0 Å². The van der Waals surface area contributed by atoms with Gasteiger partial charge in [0, 0.05) is 6.07 Å². The zero-order chi connectivity index (χ0) is 19.1. The lowest BCUT2D eigenvalue weighted by molar-refractivity contribution is -0.384. The summed E-state index contributed by atoms with van der Waals surface area (Å²) in [6, 6.07) is 12.4. The molecule has 0 aliphatic carbocycles. The van der Waals surface area contributed by atoms with Crippen LogP contribution in [0, 0.1) is 21.4 Å². The Balaban J connectivity index is 2.25. The SMILES string of the molecule is COc1ccc(C=C(C#N)C(=O)Nc2ccc([N+](=O)[O-])cc2OC)cc1. The maximum absolute atomic E-state index is 12.3.